The van der Waals surface area contributed by atoms with Crippen LogP contribution in [0.3, 0.4) is 0 Å². The van der Waals surface area contributed by atoms with Gasteiger partial charge >= 0.3 is 0 Å². The van der Waals surface area contributed by atoms with E-state index in [9.17, 15) is 4.79 Å². The van der Waals surface area contributed by atoms with Gasteiger partial charge in [0, 0.05) is 17.7 Å². The van der Waals surface area contributed by atoms with Crippen molar-refractivity contribution in [1.29, 1.82) is 0 Å². The van der Waals surface area contributed by atoms with Crippen molar-refractivity contribution in [2.45, 2.75) is 50.3 Å². The first kappa shape index (κ1) is 19.5. The Morgan fingerprint density at radius 2 is 1.96 bits per heavy atom. The molecule has 4 rings (SSSR count). The summed E-state index contributed by atoms with van der Waals surface area (Å²) < 4.78 is 11.3. The summed E-state index contributed by atoms with van der Waals surface area (Å²) in [4.78, 5) is 15.5. The molecule has 1 saturated heterocycles. The molecule has 1 aromatic heterocycles. The average molecular weight is 416 g/mol. The molecule has 0 spiro atoms. The van der Waals surface area contributed by atoms with Crippen LogP contribution in [-0.4, -0.2) is 28.7 Å². The summed E-state index contributed by atoms with van der Waals surface area (Å²) in [5.41, 5.74) is 3.18. The van der Waals surface area contributed by atoms with Gasteiger partial charge in [-0.1, -0.05) is 24.6 Å². The van der Waals surface area contributed by atoms with Crippen molar-refractivity contribution in [2.24, 2.45) is 0 Å². The second-order valence-corrected chi connectivity index (χ2v) is 9.40. The van der Waals surface area contributed by atoms with Crippen molar-refractivity contribution >= 4 is 36.4 Å². The van der Waals surface area contributed by atoms with Crippen molar-refractivity contribution in [1.82, 2.24) is 4.90 Å². The van der Waals surface area contributed by atoms with E-state index in [1.165, 1.54) is 24.6 Å². The van der Waals surface area contributed by atoms with Gasteiger partial charge in [-0.05, 0) is 62.1 Å². The Labute approximate surface area is 175 Å². The van der Waals surface area contributed by atoms with Crippen LogP contribution in [0.2, 0.25) is 0 Å². The number of amides is 1. The molecule has 4 nitrogen and oxygen atoms in total. The summed E-state index contributed by atoms with van der Waals surface area (Å²) >= 11 is 6.14. The van der Waals surface area contributed by atoms with E-state index in [0.29, 0.717) is 16.7 Å². The van der Waals surface area contributed by atoms with E-state index in [1.807, 2.05) is 43.0 Å². The lowest BCUT2D eigenvalue weighted by atomic mass is 10.0. The maximum absolute atomic E-state index is 12.9. The molecule has 1 saturated carbocycles. The third-order valence-corrected chi connectivity index (χ3v) is 7.09. The topological polar surface area (TPSA) is 42.7 Å². The number of hydrogen-bond donors (Lipinski definition) is 1. The molecule has 2 heterocycles. The number of thiol groups is 1. The summed E-state index contributed by atoms with van der Waals surface area (Å²) in [5.74, 6) is 2.43. The molecular formula is C22H25NO3S2. The summed E-state index contributed by atoms with van der Waals surface area (Å²) in [5, 5.41) is 0. The Hall–Kier alpha value is -1.79. The number of benzene rings is 1. The van der Waals surface area contributed by atoms with Crippen LogP contribution in [0.25, 0.3) is 17.4 Å². The highest BCUT2D eigenvalue weighted by Gasteiger charge is 2.39. The van der Waals surface area contributed by atoms with Gasteiger partial charge in [0.25, 0.3) is 5.91 Å². The first-order valence-electron chi connectivity index (χ1n) is 9.62. The molecule has 0 radical (unpaired) electrons. The summed E-state index contributed by atoms with van der Waals surface area (Å²) in [6, 6.07) is 8.29. The predicted octanol–water partition coefficient (Wildman–Crippen LogP) is 5.64. The highest BCUT2D eigenvalue weighted by atomic mass is 32.2. The molecule has 148 valence electrons. The lowest BCUT2D eigenvalue weighted by Crippen LogP contribution is -2.37. The van der Waals surface area contributed by atoms with Gasteiger partial charge in [-0.3, -0.25) is 4.79 Å². The first-order chi connectivity index (χ1) is 13.5. The molecule has 1 unspecified atom stereocenters. The number of thioether (sulfide) groups is 1. The smallest absolute Gasteiger partial charge is 0.262 e. The summed E-state index contributed by atoms with van der Waals surface area (Å²) in [7, 11) is 1.68. The molecule has 2 aromatic rings. The molecule has 28 heavy (non-hydrogen) atoms. The quantitative estimate of drug-likeness (QED) is 0.518. The van der Waals surface area contributed by atoms with Crippen LogP contribution in [-0.2, 0) is 4.79 Å². The molecule has 1 aliphatic carbocycles. The fourth-order valence-corrected chi connectivity index (χ4v) is 5.69. The Bertz CT molecular complexity index is 928. The number of nitrogens with zero attached hydrogens (tertiary/aromatic N) is 1. The highest BCUT2D eigenvalue weighted by molar-refractivity contribution is 8.14. The second-order valence-electron chi connectivity index (χ2n) is 7.44. The number of aryl methyl sites for hydroxylation is 2. The molecule has 6 heteroatoms. The minimum atomic E-state index is -0.109. The van der Waals surface area contributed by atoms with E-state index in [-0.39, 0.29) is 10.6 Å². The molecule has 2 fully saturated rings. The standard InChI is InChI=1S/C22H25NO3S2/c1-13-11-19(25-3)14(2)10-17(13)18-9-8-16(26-18)12-20-21(24)23(22(27)28-20)15-6-4-5-7-15/h8-12,15,22,27H,4-7H2,1-3H3/b20-12-. The fraction of sp³-hybridized carbons (Fsp3) is 0.409. The number of carbonyl (C=O) groups is 1. The van der Waals surface area contributed by atoms with E-state index >= 15 is 0 Å². The molecule has 1 amide bonds. The zero-order valence-electron chi connectivity index (χ0n) is 16.4. The van der Waals surface area contributed by atoms with Gasteiger partial charge in [0.15, 0.2) is 0 Å². The number of carbonyl (C=O) groups excluding carboxylic acids is 1. The minimum absolute atomic E-state index is 0.0753. The Kier molecular flexibility index (Phi) is 5.52. The van der Waals surface area contributed by atoms with Crippen molar-refractivity contribution in [2.75, 3.05) is 7.11 Å². The Balaban J connectivity index is 1.58. The van der Waals surface area contributed by atoms with Crippen molar-refractivity contribution in [3.63, 3.8) is 0 Å². The predicted molar refractivity (Wildman–Crippen MR) is 118 cm³/mol. The van der Waals surface area contributed by atoms with Gasteiger partial charge < -0.3 is 14.1 Å². The summed E-state index contributed by atoms with van der Waals surface area (Å²) in [6.07, 6.45) is 6.40. The number of furan rings is 1. The molecular weight excluding hydrogens is 390 g/mol. The van der Waals surface area contributed by atoms with Gasteiger partial charge in [0.2, 0.25) is 0 Å². The Morgan fingerprint density at radius 1 is 1.21 bits per heavy atom. The minimum Gasteiger partial charge on any atom is -0.496 e. The van der Waals surface area contributed by atoms with E-state index < -0.39 is 0 Å². The molecule has 0 N–H and O–H groups in total. The number of methoxy groups -OCH3 is 1. The largest absolute Gasteiger partial charge is 0.496 e. The molecule has 0 bridgehead atoms. The van der Waals surface area contributed by atoms with Crippen LogP contribution in [0.15, 0.2) is 33.6 Å². The highest BCUT2D eigenvalue weighted by Crippen LogP contribution is 2.42. The van der Waals surface area contributed by atoms with Crippen molar-refractivity contribution in [3.8, 4) is 17.1 Å². The zero-order valence-corrected chi connectivity index (χ0v) is 18.1. The summed E-state index contributed by atoms with van der Waals surface area (Å²) in [6.45, 7) is 4.06. The van der Waals surface area contributed by atoms with E-state index in [1.54, 1.807) is 7.11 Å². The lowest BCUT2D eigenvalue weighted by Gasteiger charge is -2.26. The van der Waals surface area contributed by atoms with Crippen LogP contribution in [0.1, 0.15) is 42.6 Å². The van der Waals surface area contributed by atoms with Crippen LogP contribution >= 0.6 is 24.4 Å². The zero-order chi connectivity index (χ0) is 19.8. The van der Waals surface area contributed by atoms with Crippen LogP contribution in [0.4, 0.5) is 0 Å². The van der Waals surface area contributed by atoms with Crippen LogP contribution < -0.4 is 4.74 Å². The molecule has 1 aromatic carbocycles. The van der Waals surface area contributed by atoms with Crippen LogP contribution in [0, 0.1) is 13.8 Å². The molecule has 2 aliphatic rings. The second kappa shape index (κ2) is 7.91. The lowest BCUT2D eigenvalue weighted by molar-refractivity contribution is -0.127. The maximum Gasteiger partial charge on any atom is 0.262 e. The maximum atomic E-state index is 12.9. The average Bonchev–Trinajstić information content (AvgIpc) is 3.39. The monoisotopic (exact) mass is 415 g/mol. The number of hydrogen-bond acceptors (Lipinski definition) is 5. The normalized spacial score (nSPS) is 21.9. The van der Waals surface area contributed by atoms with Gasteiger partial charge in [0.1, 0.15) is 22.0 Å². The molecule has 1 atom stereocenters. The van der Waals surface area contributed by atoms with E-state index in [0.717, 1.165) is 41.0 Å². The Morgan fingerprint density at radius 3 is 2.68 bits per heavy atom. The third kappa shape index (κ3) is 3.60. The van der Waals surface area contributed by atoms with Gasteiger partial charge in [0.05, 0.1) is 12.0 Å². The van der Waals surface area contributed by atoms with Gasteiger partial charge in [-0.2, -0.15) is 0 Å². The first-order valence-corrected chi connectivity index (χ1v) is 11.0. The van der Waals surface area contributed by atoms with Crippen LogP contribution in [0.5, 0.6) is 5.75 Å². The SMILES string of the molecule is COc1cc(C)c(-c2ccc(/C=C3\SC(S)N(C4CCCC4)C3=O)o2)cc1C. The number of ether oxygens (including phenoxy) is 1. The van der Waals surface area contributed by atoms with Crippen molar-refractivity contribution < 1.29 is 13.9 Å². The van der Waals surface area contributed by atoms with E-state index in [4.69, 9.17) is 9.15 Å². The van der Waals surface area contributed by atoms with Crippen molar-refractivity contribution in [3.05, 3.63) is 46.1 Å². The van der Waals surface area contributed by atoms with Gasteiger partial charge in [-0.25, -0.2) is 0 Å². The van der Waals surface area contributed by atoms with Gasteiger partial charge in [-0.15, -0.1) is 12.6 Å². The van der Waals surface area contributed by atoms with E-state index in [2.05, 4.69) is 18.7 Å². The molecule has 1 aliphatic heterocycles. The fourth-order valence-electron chi connectivity index (χ4n) is 4.05. The number of rotatable bonds is 4. The third-order valence-electron chi connectivity index (χ3n) is 5.54.